The van der Waals surface area contributed by atoms with Crippen molar-refractivity contribution >= 4 is 30.0 Å². The van der Waals surface area contributed by atoms with Crippen molar-refractivity contribution in [3.05, 3.63) is 29.3 Å². The minimum atomic E-state index is -1.36. The maximum absolute atomic E-state index is 13.4. The first-order valence-corrected chi connectivity index (χ1v) is 14.8. The van der Waals surface area contributed by atoms with Gasteiger partial charge in [0, 0.05) is 17.7 Å². The van der Waals surface area contributed by atoms with Gasteiger partial charge in [-0.15, -0.1) is 0 Å². The van der Waals surface area contributed by atoms with Crippen LogP contribution in [0.25, 0.3) is 0 Å². The Balaban J connectivity index is 0. The van der Waals surface area contributed by atoms with Crippen LogP contribution in [0.3, 0.4) is 0 Å². The fourth-order valence-electron chi connectivity index (χ4n) is 2.89. The molecule has 0 heterocycles. The Morgan fingerprint density at radius 3 is 1.73 bits per heavy atom. The van der Waals surface area contributed by atoms with Crippen LogP contribution in [0.1, 0.15) is 127 Å². The van der Waals surface area contributed by atoms with Crippen LogP contribution in [0.4, 0.5) is 13.1 Å². The molecule has 0 aromatic heterocycles. The van der Waals surface area contributed by atoms with Gasteiger partial charge in [-0.25, -0.2) is 14.0 Å². The SMILES string of the molecule is CC(C)(C)C.CCCC(=O)CCC(NC(=O)OC(C)(C)C)C(=O)OC(C)(C)C.Cc1cc(C(C)(C)F)ccc1SF. The molecule has 0 spiro atoms. The second-order valence-electron chi connectivity index (χ2n) is 14.1. The minimum Gasteiger partial charge on any atom is -0.458 e. The molecule has 9 heteroatoms. The highest BCUT2D eigenvalue weighted by Crippen LogP contribution is 2.30. The number of ether oxygens (including phenoxy) is 2. The van der Waals surface area contributed by atoms with E-state index in [0.717, 1.165) is 12.0 Å². The molecule has 0 aliphatic heterocycles. The lowest BCUT2D eigenvalue weighted by atomic mass is 9.99. The van der Waals surface area contributed by atoms with Crippen LogP contribution in [-0.4, -0.2) is 35.1 Å². The molecule has 1 amide bonds. The summed E-state index contributed by atoms with van der Waals surface area (Å²) in [5.41, 5.74) is -0.831. The summed E-state index contributed by atoms with van der Waals surface area (Å²) in [5.74, 6) is -0.500. The molecule has 1 atom stereocenters. The maximum Gasteiger partial charge on any atom is 0.408 e. The number of carbonyl (C=O) groups is 3. The second-order valence-corrected chi connectivity index (χ2v) is 14.7. The zero-order valence-corrected chi connectivity index (χ0v) is 28.7. The van der Waals surface area contributed by atoms with E-state index in [4.69, 9.17) is 9.47 Å². The number of alkyl carbamates (subject to hydrolysis) is 1. The molecule has 1 unspecified atom stereocenters. The van der Waals surface area contributed by atoms with Gasteiger partial charge in [0.25, 0.3) is 0 Å². The van der Waals surface area contributed by atoms with Crippen LogP contribution in [0.15, 0.2) is 23.1 Å². The molecule has 41 heavy (non-hydrogen) atoms. The van der Waals surface area contributed by atoms with Gasteiger partial charge < -0.3 is 14.8 Å². The van der Waals surface area contributed by atoms with Crippen molar-refractivity contribution in [3.63, 3.8) is 0 Å². The quantitative estimate of drug-likeness (QED) is 0.283. The van der Waals surface area contributed by atoms with E-state index in [1.54, 1.807) is 66.7 Å². The first kappa shape index (κ1) is 41.0. The fraction of sp³-hybridized carbons (Fsp3) is 0.719. The molecular formula is C32H55F2NO5S. The zero-order valence-electron chi connectivity index (χ0n) is 27.8. The third-order valence-corrected chi connectivity index (χ3v) is 5.19. The van der Waals surface area contributed by atoms with Crippen LogP contribution >= 0.6 is 12.1 Å². The number of halogens is 2. The molecule has 1 aromatic carbocycles. The highest BCUT2D eigenvalue weighted by atomic mass is 32.2. The molecule has 0 aliphatic rings. The number of esters is 1. The molecule has 238 valence electrons. The van der Waals surface area contributed by atoms with Gasteiger partial charge in [0.05, 0.1) is 12.1 Å². The summed E-state index contributed by atoms with van der Waals surface area (Å²) >= 11 is 0.192. The lowest BCUT2D eigenvalue weighted by molar-refractivity contribution is -0.157. The summed E-state index contributed by atoms with van der Waals surface area (Å²) in [6.45, 7) is 25.9. The number of rotatable bonds is 9. The Morgan fingerprint density at radius 2 is 1.37 bits per heavy atom. The highest BCUT2D eigenvalue weighted by molar-refractivity contribution is 7.94. The van der Waals surface area contributed by atoms with E-state index < -0.39 is 35.0 Å². The number of hydrogen-bond donors (Lipinski definition) is 1. The van der Waals surface area contributed by atoms with Gasteiger partial charge in [-0.2, -0.15) is 3.89 Å². The molecular weight excluding hydrogens is 548 g/mol. The molecule has 1 aromatic rings. The van der Waals surface area contributed by atoms with Gasteiger partial charge in [-0.05, 0) is 97.8 Å². The van der Waals surface area contributed by atoms with E-state index in [9.17, 15) is 22.7 Å². The average molecular weight is 604 g/mol. The van der Waals surface area contributed by atoms with E-state index in [1.165, 1.54) is 13.8 Å². The van der Waals surface area contributed by atoms with E-state index >= 15 is 0 Å². The first-order valence-electron chi connectivity index (χ1n) is 14.1. The van der Waals surface area contributed by atoms with Crippen molar-refractivity contribution in [3.8, 4) is 0 Å². The van der Waals surface area contributed by atoms with Crippen molar-refractivity contribution in [1.29, 1.82) is 0 Å². The van der Waals surface area contributed by atoms with Gasteiger partial charge in [-0.1, -0.05) is 46.8 Å². The number of Topliss-reactive ketones (excluding diaryl/α,β-unsaturated/α-hetero) is 1. The molecule has 1 rings (SSSR count). The number of amides is 1. The van der Waals surface area contributed by atoms with Gasteiger partial charge in [0.2, 0.25) is 0 Å². The monoisotopic (exact) mass is 603 g/mol. The molecule has 1 N–H and O–H groups in total. The van der Waals surface area contributed by atoms with Crippen LogP contribution < -0.4 is 5.32 Å². The molecule has 0 saturated carbocycles. The van der Waals surface area contributed by atoms with Crippen molar-refractivity contribution in [2.24, 2.45) is 5.41 Å². The third kappa shape index (κ3) is 24.2. The Kier molecular flexibility index (Phi) is 17.7. The molecule has 0 radical (unpaired) electrons. The van der Waals surface area contributed by atoms with Crippen molar-refractivity contribution in [2.75, 3.05) is 0 Å². The Hall–Kier alpha value is -2.16. The lowest BCUT2D eigenvalue weighted by Gasteiger charge is -2.26. The number of carbonyl (C=O) groups excluding carboxylic acids is 3. The average Bonchev–Trinajstić information content (AvgIpc) is 2.73. The minimum absolute atomic E-state index is 0.0621. The number of nitrogens with one attached hydrogen (secondary N) is 1. The smallest absolute Gasteiger partial charge is 0.408 e. The van der Waals surface area contributed by atoms with E-state index in [1.807, 2.05) is 6.92 Å². The number of ketones is 1. The Labute approximate surface area is 252 Å². The Morgan fingerprint density at radius 1 is 0.878 bits per heavy atom. The second kappa shape index (κ2) is 17.7. The largest absolute Gasteiger partial charge is 0.458 e. The predicted molar refractivity (Wildman–Crippen MR) is 166 cm³/mol. The summed E-state index contributed by atoms with van der Waals surface area (Å²) in [6, 6.07) is 4.01. The summed E-state index contributed by atoms with van der Waals surface area (Å²) in [6.07, 6.45) is 0.944. The van der Waals surface area contributed by atoms with Crippen LogP contribution in [0.2, 0.25) is 0 Å². The summed E-state index contributed by atoms with van der Waals surface area (Å²) in [4.78, 5) is 36.3. The normalized spacial score (nSPS) is 12.6. The number of hydrogen-bond acceptors (Lipinski definition) is 6. The number of benzene rings is 1. The van der Waals surface area contributed by atoms with E-state index in [0.29, 0.717) is 22.3 Å². The van der Waals surface area contributed by atoms with Crippen molar-refractivity contribution in [1.82, 2.24) is 5.32 Å². The fourth-order valence-corrected chi connectivity index (χ4v) is 3.19. The van der Waals surface area contributed by atoms with Gasteiger partial charge in [0.15, 0.2) is 0 Å². The van der Waals surface area contributed by atoms with Gasteiger partial charge in [0.1, 0.15) is 28.7 Å². The lowest BCUT2D eigenvalue weighted by Crippen LogP contribution is -2.46. The van der Waals surface area contributed by atoms with Crippen LogP contribution in [0.5, 0.6) is 0 Å². The summed E-state index contributed by atoms with van der Waals surface area (Å²) in [7, 11) is 0. The summed E-state index contributed by atoms with van der Waals surface area (Å²) in [5, 5.41) is 2.51. The topological polar surface area (TPSA) is 81.7 Å². The maximum atomic E-state index is 13.4. The predicted octanol–water partition coefficient (Wildman–Crippen LogP) is 9.60. The van der Waals surface area contributed by atoms with E-state index in [-0.39, 0.29) is 30.8 Å². The first-order chi connectivity index (χ1) is 18.3. The van der Waals surface area contributed by atoms with Crippen LogP contribution in [0, 0.1) is 12.3 Å². The highest BCUT2D eigenvalue weighted by Gasteiger charge is 2.29. The third-order valence-electron chi connectivity index (χ3n) is 4.57. The molecule has 0 fully saturated rings. The molecule has 0 saturated heterocycles. The number of aryl methyl sites for hydroxylation is 1. The van der Waals surface area contributed by atoms with Crippen molar-refractivity contribution < 1.29 is 32.1 Å². The van der Waals surface area contributed by atoms with Crippen LogP contribution in [-0.2, 0) is 24.7 Å². The molecule has 0 bridgehead atoms. The van der Waals surface area contributed by atoms with Gasteiger partial charge in [-0.3, -0.25) is 4.79 Å². The summed E-state index contributed by atoms with van der Waals surface area (Å²) < 4.78 is 36.1. The standard InChI is InChI=1S/C17H31NO5.C10H12F2S.C5H12/c1-8-9-12(19)10-11-13(14(20)22-16(2,3)4)18-15(21)23-17(5,6)7;1-7-6-8(10(2,3)11)4-5-9(7)13-12;1-5(2,3)4/h13H,8-11H2,1-7H3,(H,18,21);4-6H,1-3H3;1-4H3. The zero-order chi connectivity index (χ0) is 32.8. The van der Waals surface area contributed by atoms with Crippen molar-refractivity contribution in [2.45, 2.75) is 150 Å². The Bertz CT molecular complexity index is 949. The van der Waals surface area contributed by atoms with Gasteiger partial charge >= 0.3 is 12.1 Å². The molecule has 6 nitrogen and oxygen atoms in total. The molecule has 0 aliphatic carbocycles. The number of alkyl halides is 1. The van der Waals surface area contributed by atoms with E-state index in [2.05, 4.69) is 33.0 Å².